The molecule has 3 aromatic carbocycles. The quantitative estimate of drug-likeness (QED) is 0.411. The summed E-state index contributed by atoms with van der Waals surface area (Å²) in [5.74, 6) is 0.732. The Bertz CT molecular complexity index is 1020. The van der Waals surface area contributed by atoms with Gasteiger partial charge in [0.1, 0.15) is 0 Å². The summed E-state index contributed by atoms with van der Waals surface area (Å²) in [7, 11) is 3.08. The van der Waals surface area contributed by atoms with E-state index in [1.807, 2.05) is 18.2 Å². The van der Waals surface area contributed by atoms with E-state index in [1.54, 1.807) is 31.5 Å². The van der Waals surface area contributed by atoms with Crippen LogP contribution in [0.4, 0.5) is 5.69 Å². The van der Waals surface area contributed by atoms with Crippen molar-refractivity contribution in [2.75, 3.05) is 25.7 Å². The highest BCUT2D eigenvalue weighted by molar-refractivity contribution is 5.95. The lowest BCUT2D eigenvalue weighted by Gasteiger charge is -2.23. The molecule has 3 rings (SSSR count). The average Bonchev–Trinajstić information content (AvgIpc) is 2.83. The Hall–Kier alpha value is -3.80. The van der Waals surface area contributed by atoms with Crippen molar-refractivity contribution in [3.05, 3.63) is 89.5 Å². The van der Waals surface area contributed by atoms with Crippen LogP contribution in [0.3, 0.4) is 0 Å². The third-order valence-corrected chi connectivity index (χ3v) is 4.88. The van der Waals surface area contributed by atoms with Crippen molar-refractivity contribution in [2.45, 2.75) is 13.5 Å². The predicted octanol–water partition coefficient (Wildman–Crippen LogP) is 4.49. The molecule has 0 aliphatic rings. The Kier molecular flexibility index (Phi) is 7.65. The number of amides is 1. The van der Waals surface area contributed by atoms with Crippen LogP contribution in [0.15, 0.2) is 77.9 Å². The van der Waals surface area contributed by atoms with Crippen LogP contribution in [-0.4, -0.2) is 32.9 Å². The van der Waals surface area contributed by atoms with E-state index in [4.69, 9.17) is 9.47 Å². The topological polar surface area (TPSA) is 63.2 Å². The molecule has 0 heterocycles. The second-order valence-electron chi connectivity index (χ2n) is 6.86. The summed E-state index contributed by atoms with van der Waals surface area (Å²) >= 11 is 0. The van der Waals surface area contributed by atoms with Gasteiger partial charge in [0.05, 0.1) is 20.4 Å². The first-order chi connectivity index (χ1) is 15.1. The SMILES string of the molecule is CCN(Cc1ccccc1)c1ccc(/C=N\NC(=O)c2ccc(OC)c(OC)c2)cc1. The lowest BCUT2D eigenvalue weighted by molar-refractivity contribution is 0.0954. The van der Waals surface area contributed by atoms with Crippen molar-refractivity contribution in [1.29, 1.82) is 0 Å². The van der Waals surface area contributed by atoms with E-state index in [9.17, 15) is 4.79 Å². The normalized spacial score (nSPS) is 10.7. The van der Waals surface area contributed by atoms with Gasteiger partial charge in [-0.3, -0.25) is 4.79 Å². The van der Waals surface area contributed by atoms with Crippen molar-refractivity contribution in [2.24, 2.45) is 5.10 Å². The van der Waals surface area contributed by atoms with Crippen molar-refractivity contribution in [1.82, 2.24) is 5.43 Å². The maximum atomic E-state index is 12.3. The zero-order valence-electron chi connectivity index (χ0n) is 18.0. The first kappa shape index (κ1) is 21.9. The number of nitrogens with zero attached hydrogens (tertiary/aromatic N) is 2. The van der Waals surface area contributed by atoms with E-state index in [0.717, 1.165) is 24.3 Å². The molecule has 6 nitrogen and oxygen atoms in total. The van der Waals surface area contributed by atoms with Crippen molar-refractivity contribution >= 4 is 17.8 Å². The molecule has 6 heteroatoms. The third-order valence-electron chi connectivity index (χ3n) is 4.88. The van der Waals surface area contributed by atoms with Crippen LogP contribution in [0, 0.1) is 0 Å². The first-order valence-electron chi connectivity index (χ1n) is 10.1. The van der Waals surface area contributed by atoms with Gasteiger partial charge in [0, 0.05) is 24.3 Å². The molecular weight excluding hydrogens is 390 g/mol. The molecule has 0 aromatic heterocycles. The van der Waals surface area contributed by atoms with Gasteiger partial charge in [-0.05, 0) is 48.4 Å². The molecule has 0 radical (unpaired) electrons. The van der Waals surface area contributed by atoms with E-state index >= 15 is 0 Å². The second kappa shape index (κ2) is 10.8. The lowest BCUT2D eigenvalue weighted by Crippen LogP contribution is -2.21. The minimum atomic E-state index is -0.325. The molecule has 1 amide bonds. The van der Waals surface area contributed by atoms with Crippen molar-refractivity contribution in [3.8, 4) is 11.5 Å². The Labute approximate surface area is 183 Å². The fourth-order valence-corrected chi connectivity index (χ4v) is 3.17. The molecule has 0 saturated carbocycles. The van der Waals surface area contributed by atoms with Gasteiger partial charge >= 0.3 is 0 Å². The number of anilines is 1. The van der Waals surface area contributed by atoms with Crippen molar-refractivity contribution in [3.63, 3.8) is 0 Å². The molecule has 0 atom stereocenters. The number of methoxy groups -OCH3 is 2. The molecule has 0 fully saturated rings. The van der Waals surface area contributed by atoms with Gasteiger partial charge in [0.15, 0.2) is 11.5 Å². The second-order valence-corrected chi connectivity index (χ2v) is 6.86. The minimum absolute atomic E-state index is 0.325. The summed E-state index contributed by atoms with van der Waals surface area (Å²) in [6.07, 6.45) is 1.62. The fraction of sp³-hybridized carbons (Fsp3) is 0.200. The number of carbonyl (C=O) groups is 1. The largest absolute Gasteiger partial charge is 0.493 e. The van der Waals surface area contributed by atoms with Crippen LogP contribution < -0.4 is 19.8 Å². The lowest BCUT2D eigenvalue weighted by atomic mass is 10.1. The van der Waals surface area contributed by atoms with Crippen molar-refractivity contribution < 1.29 is 14.3 Å². The number of benzene rings is 3. The number of hydrazone groups is 1. The summed E-state index contributed by atoms with van der Waals surface area (Å²) in [6.45, 7) is 3.90. The fourth-order valence-electron chi connectivity index (χ4n) is 3.17. The highest BCUT2D eigenvalue weighted by Gasteiger charge is 2.10. The van der Waals surface area contributed by atoms with E-state index in [1.165, 1.54) is 12.7 Å². The summed E-state index contributed by atoms with van der Waals surface area (Å²) in [5.41, 5.74) is 6.28. The van der Waals surface area contributed by atoms with Gasteiger partial charge < -0.3 is 14.4 Å². The maximum absolute atomic E-state index is 12.3. The van der Waals surface area contributed by atoms with E-state index < -0.39 is 0 Å². The summed E-state index contributed by atoms with van der Waals surface area (Å²) in [5, 5.41) is 4.07. The number of hydrogen-bond donors (Lipinski definition) is 1. The van der Waals surface area contributed by atoms with Crippen LogP contribution in [0.25, 0.3) is 0 Å². The zero-order valence-corrected chi connectivity index (χ0v) is 18.0. The van der Waals surface area contributed by atoms with E-state index in [0.29, 0.717) is 17.1 Å². The molecule has 0 spiro atoms. The Balaban J connectivity index is 1.61. The number of nitrogens with one attached hydrogen (secondary N) is 1. The molecule has 0 saturated heterocycles. The standard InChI is InChI=1S/C25H27N3O3/c1-4-28(18-20-8-6-5-7-9-20)22-13-10-19(11-14-22)17-26-27-25(29)21-12-15-23(30-2)24(16-21)31-3/h5-17H,4,18H2,1-3H3,(H,27,29)/b26-17-. The molecular formula is C25H27N3O3. The van der Waals surface area contributed by atoms with E-state index in [2.05, 4.69) is 58.7 Å². The van der Waals surface area contributed by atoms with Crippen LogP contribution in [0.5, 0.6) is 11.5 Å². The number of carbonyl (C=O) groups excluding carboxylic acids is 1. The number of hydrogen-bond acceptors (Lipinski definition) is 5. The third kappa shape index (κ3) is 5.85. The predicted molar refractivity (Wildman–Crippen MR) is 124 cm³/mol. The van der Waals surface area contributed by atoms with Crippen LogP contribution >= 0.6 is 0 Å². The molecule has 31 heavy (non-hydrogen) atoms. The highest BCUT2D eigenvalue weighted by Crippen LogP contribution is 2.27. The van der Waals surface area contributed by atoms with E-state index in [-0.39, 0.29) is 5.91 Å². The minimum Gasteiger partial charge on any atom is -0.493 e. The van der Waals surface area contributed by atoms with Crippen LogP contribution in [0.2, 0.25) is 0 Å². The smallest absolute Gasteiger partial charge is 0.271 e. The number of ether oxygens (including phenoxy) is 2. The molecule has 1 N–H and O–H groups in total. The van der Waals surface area contributed by atoms with Gasteiger partial charge in [-0.15, -0.1) is 0 Å². The Morgan fingerprint density at radius 3 is 2.32 bits per heavy atom. The Morgan fingerprint density at radius 1 is 0.968 bits per heavy atom. The average molecular weight is 418 g/mol. The molecule has 0 unspecified atom stereocenters. The molecule has 160 valence electrons. The molecule has 0 aliphatic carbocycles. The van der Waals surface area contributed by atoms with Gasteiger partial charge in [-0.25, -0.2) is 5.43 Å². The maximum Gasteiger partial charge on any atom is 0.271 e. The van der Waals surface area contributed by atoms with Crippen LogP contribution in [-0.2, 0) is 6.54 Å². The Morgan fingerprint density at radius 2 is 1.68 bits per heavy atom. The summed E-state index contributed by atoms with van der Waals surface area (Å²) in [6, 6.07) is 23.4. The summed E-state index contributed by atoms with van der Waals surface area (Å²) in [4.78, 5) is 14.6. The molecule has 0 aliphatic heterocycles. The highest BCUT2D eigenvalue weighted by atomic mass is 16.5. The number of rotatable bonds is 9. The van der Waals surface area contributed by atoms with Gasteiger partial charge in [0.25, 0.3) is 5.91 Å². The molecule has 0 bridgehead atoms. The van der Waals surface area contributed by atoms with Gasteiger partial charge in [0.2, 0.25) is 0 Å². The summed E-state index contributed by atoms with van der Waals surface area (Å²) < 4.78 is 10.4. The van der Waals surface area contributed by atoms with Gasteiger partial charge in [-0.2, -0.15) is 5.10 Å². The molecule has 3 aromatic rings. The van der Waals surface area contributed by atoms with Crippen LogP contribution in [0.1, 0.15) is 28.4 Å². The zero-order chi connectivity index (χ0) is 22.1. The van der Waals surface area contributed by atoms with Gasteiger partial charge in [-0.1, -0.05) is 42.5 Å². The first-order valence-corrected chi connectivity index (χ1v) is 10.1. The monoisotopic (exact) mass is 417 g/mol.